The van der Waals surface area contributed by atoms with Crippen molar-refractivity contribution < 1.29 is 9.53 Å². The van der Waals surface area contributed by atoms with Crippen LogP contribution in [0.4, 0.5) is 0 Å². The highest BCUT2D eigenvalue weighted by Gasteiger charge is 2.30. The Labute approximate surface area is 145 Å². The summed E-state index contributed by atoms with van der Waals surface area (Å²) in [5.41, 5.74) is 1.12. The van der Waals surface area contributed by atoms with E-state index in [1.165, 1.54) is 0 Å². The van der Waals surface area contributed by atoms with Crippen molar-refractivity contribution in [3.63, 3.8) is 0 Å². The molecule has 1 aliphatic rings. The summed E-state index contributed by atoms with van der Waals surface area (Å²) in [6, 6.07) is 9.96. The molecule has 0 radical (unpaired) electrons. The van der Waals surface area contributed by atoms with Gasteiger partial charge in [0.2, 0.25) is 5.91 Å². The van der Waals surface area contributed by atoms with E-state index in [4.69, 9.17) is 10.00 Å². The van der Waals surface area contributed by atoms with Crippen LogP contribution in [-0.4, -0.2) is 55.0 Å². The summed E-state index contributed by atoms with van der Waals surface area (Å²) in [6.07, 6.45) is 0.344. The zero-order chi connectivity index (χ0) is 16.8. The highest BCUT2D eigenvalue weighted by atomic mass is 79.9. The molecule has 1 heterocycles. The number of benzene rings is 1. The molecule has 2 atom stereocenters. The lowest BCUT2D eigenvalue weighted by molar-refractivity contribution is -0.138. The maximum atomic E-state index is 12.5. The monoisotopic (exact) mass is 379 g/mol. The lowest BCUT2D eigenvalue weighted by Crippen LogP contribution is -2.50. The first-order valence-electron chi connectivity index (χ1n) is 7.76. The summed E-state index contributed by atoms with van der Waals surface area (Å²) in [5.74, 6) is 0.0525. The van der Waals surface area contributed by atoms with Gasteiger partial charge in [0.15, 0.2) is 0 Å². The number of amides is 1. The minimum Gasteiger partial charge on any atom is -0.371 e. The summed E-state index contributed by atoms with van der Waals surface area (Å²) in [5, 5.41) is 8.65. The first-order chi connectivity index (χ1) is 11.0. The lowest BCUT2D eigenvalue weighted by Gasteiger charge is -2.37. The molecule has 1 fully saturated rings. The molecular weight excluding hydrogens is 358 g/mol. The number of hydrogen-bond donors (Lipinski definition) is 0. The number of morpholine rings is 1. The topological polar surface area (TPSA) is 56.6 Å². The van der Waals surface area contributed by atoms with Crippen molar-refractivity contribution in [2.75, 3.05) is 33.3 Å². The number of carbonyl (C=O) groups excluding carboxylic acids is 1. The zero-order valence-electron chi connectivity index (χ0n) is 13.5. The summed E-state index contributed by atoms with van der Waals surface area (Å²) >= 11 is 3.44. The maximum Gasteiger partial charge on any atom is 0.239 e. The second-order valence-electron chi connectivity index (χ2n) is 5.75. The highest BCUT2D eigenvalue weighted by molar-refractivity contribution is 9.10. The minimum absolute atomic E-state index is 0.0171. The van der Waals surface area contributed by atoms with Gasteiger partial charge in [0.05, 0.1) is 31.2 Å². The lowest BCUT2D eigenvalue weighted by atomic mass is 10.1. The fourth-order valence-electron chi connectivity index (χ4n) is 2.70. The summed E-state index contributed by atoms with van der Waals surface area (Å²) in [4.78, 5) is 16.3. The average molecular weight is 380 g/mol. The van der Waals surface area contributed by atoms with Gasteiger partial charge in [-0.3, -0.25) is 9.69 Å². The van der Waals surface area contributed by atoms with Gasteiger partial charge in [-0.05, 0) is 24.6 Å². The molecular formula is C17H22BrN3O2. The van der Waals surface area contributed by atoms with Gasteiger partial charge in [-0.25, -0.2) is 0 Å². The molecule has 0 bridgehead atoms. The second-order valence-corrected chi connectivity index (χ2v) is 6.67. The average Bonchev–Trinajstić information content (AvgIpc) is 2.59. The van der Waals surface area contributed by atoms with E-state index in [0.717, 1.165) is 16.6 Å². The second kappa shape index (κ2) is 8.44. The highest BCUT2D eigenvalue weighted by Crippen LogP contribution is 2.25. The first-order valence-corrected chi connectivity index (χ1v) is 8.55. The van der Waals surface area contributed by atoms with Crippen LogP contribution >= 0.6 is 15.9 Å². The molecule has 1 aromatic carbocycles. The number of halogens is 1. The van der Waals surface area contributed by atoms with Crippen LogP contribution in [0.15, 0.2) is 28.7 Å². The Balaban J connectivity index is 1.98. The van der Waals surface area contributed by atoms with Gasteiger partial charge in [0, 0.05) is 31.2 Å². The van der Waals surface area contributed by atoms with Gasteiger partial charge in [0.1, 0.15) is 0 Å². The van der Waals surface area contributed by atoms with Gasteiger partial charge in [-0.2, -0.15) is 5.26 Å². The van der Waals surface area contributed by atoms with Crippen molar-refractivity contribution in [3.8, 4) is 6.07 Å². The SMILES string of the molecule is CC(C(=O)N(C)CCC#N)N1CCOC(c2ccc(Br)cc2)C1. The molecule has 0 aromatic heterocycles. The van der Waals surface area contributed by atoms with Crippen LogP contribution in [0.25, 0.3) is 0 Å². The van der Waals surface area contributed by atoms with Crippen LogP contribution in [0.5, 0.6) is 0 Å². The zero-order valence-corrected chi connectivity index (χ0v) is 15.1. The predicted octanol–water partition coefficient (Wildman–Crippen LogP) is 2.58. The van der Waals surface area contributed by atoms with E-state index in [-0.39, 0.29) is 18.1 Å². The summed E-state index contributed by atoms with van der Waals surface area (Å²) < 4.78 is 6.90. The van der Waals surface area contributed by atoms with Crippen LogP contribution in [0.1, 0.15) is 25.0 Å². The van der Waals surface area contributed by atoms with Crippen molar-refractivity contribution in [1.29, 1.82) is 5.26 Å². The van der Waals surface area contributed by atoms with Crippen molar-refractivity contribution >= 4 is 21.8 Å². The van der Waals surface area contributed by atoms with Crippen molar-refractivity contribution in [3.05, 3.63) is 34.3 Å². The Hall–Kier alpha value is -1.42. The van der Waals surface area contributed by atoms with Crippen molar-refractivity contribution in [1.82, 2.24) is 9.80 Å². The molecule has 0 aliphatic carbocycles. The molecule has 2 rings (SSSR count). The third kappa shape index (κ3) is 4.77. The number of nitrogens with zero attached hydrogens (tertiary/aromatic N) is 3. The fourth-order valence-corrected chi connectivity index (χ4v) is 2.97. The molecule has 1 aliphatic heterocycles. The molecule has 6 heteroatoms. The third-order valence-electron chi connectivity index (χ3n) is 4.18. The molecule has 23 heavy (non-hydrogen) atoms. The summed E-state index contributed by atoms with van der Waals surface area (Å²) in [7, 11) is 1.75. The quantitative estimate of drug-likeness (QED) is 0.788. The molecule has 0 spiro atoms. The van der Waals surface area contributed by atoms with E-state index in [2.05, 4.69) is 26.9 Å². The Morgan fingerprint density at radius 1 is 1.52 bits per heavy atom. The molecule has 5 nitrogen and oxygen atoms in total. The fraction of sp³-hybridized carbons (Fsp3) is 0.529. The molecule has 0 saturated carbocycles. The van der Waals surface area contributed by atoms with Crippen molar-refractivity contribution in [2.24, 2.45) is 0 Å². The standard InChI is InChI=1S/C17H22BrN3O2/c1-13(17(22)20(2)9-3-8-19)21-10-11-23-16(12-21)14-4-6-15(18)7-5-14/h4-7,13,16H,3,9-12H2,1-2H3. The Bertz CT molecular complexity index is 570. The minimum atomic E-state index is -0.208. The third-order valence-corrected chi connectivity index (χ3v) is 4.71. The van der Waals surface area contributed by atoms with Crippen LogP contribution in [0.2, 0.25) is 0 Å². The van der Waals surface area contributed by atoms with Crippen LogP contribution in [0, 0.1) is 11.3 Å². The van der Waals surface area contributed by atoms with Gasteiger partial charge in [0.25, 0.3) is 0 Å². The molecule has 2 unspecified atom stereocenters. The van der Waals surface area contributed by atoms with E-state index < -0.39 is 0 Å². The smallest absolute Gasteiger partial charge is 0.239 e. The van der Waals surface area contributed by atoms with E-state index in [9.17, 15) is 4.79 Å². The first kappa shape index (κ1) is 17.9. The van der Waals surface area contributed by atoms with Gasteiger partial charge < -0.3 is 9.64 Å². The molecule has 1 aromatic rings. The number of nitriles is 1. The van der Waals surface area contributed by atoms with Gasteiger partial charge in [-0.1, -0.05) is 28.1 Å². The van der Waals surface area contributed by atoms with E-state index in [0.29, 0.717) is 26.1 Å². The Kier molecular flexibility index (Phi) is 6.58. The van der Waals surface area contributed by atoms with Crippen LogP contribution in [0.3, 0.4) is 0 Å². The Morgan fingerprint density at radius 3 is 2.87 bits per heavy atom. The van der Waals surface area contributed by atoms with Crippen LogP contribution < -0.4 is 0 Å². The maximum absolute atomic E-state index is 12.5. The van der Waals surface area contributed by atoms with Gasteiger partial charge in [-0.15, -0.1) is 0 Å². The molecule has 0 N–H and O–H groups in total. The largest absolute Gasteiger partial charge is 0.371 e. The van der Waals surface area contributed by atoms with Crippen LogP contribution in [-0.2, 0) is 9.53 Å². The Morgan fingerprint density at radius 2 is 2.22 bits per heavy atom. The number of likely N-dealkylation sites (N-methyl/N-ethyl adjacent to an activating group) is 1. The van der Waals surface area contributed by atoms with E-state index >= 15 is 0 Å². The normalized spacial score (nSPS) is 19.8. The van der Waals surface area contributed by atoms with Crippen molar-refractivity contribution in [2.45, 2.75) is 25.5 Å². The number of carbonyl (C=O) groups is 1. The number of ether oxygens (including phenoxy) is 1. The molecule has 1 saturated heterocycles. The van der Waals surface area contributed by atoms with E-state index in [1.54, 1.807) is 11.9 Å². The number of rotatable bonds is 5. The van der Waals surface area contributed by atoms with Gasteiger partial charge >= 0.3 is 0 Å². The number of hydrogen-bond acceptors (Lipinski definition) is 4. The summed E-state index contributed by atoms with van der Waals surface area (Å²) in [6.45, 7) is 4.45. The molecule has 1 amide bonds. The van der Waals surface area contributed by atoms with E-state index in [1.807, 2.05) is 31.2 Å². The predicted molar refractivity (Wildman–Crippen MR) is 91.7 cm³/mol. The molecule has 124 valence electrons.